The van der Waals surface area contributed by atoms with Gasteiger partial charge in [0.1, 0.15) is 0 Å². The zero-order valence-corrected chi connectivity index (χ0v) is 11.0. The first-order valence-corrected chi connectivity index (χ1v) is 6.19. The number of hydrogen-bond donors (Lipinski definition) is 2. The predicted molar refractivity (Wildman–Crippen MR) is 75.0 cm³/mol. The van der Waals surface area contributed by atoms with Gasteiger partial charge in [-0.05, 0) is 19.1 Å². The lowest BCUT2D eigenvalue weighted by Gasteiger charge is -2.11. The van der Waals surface area contributed by atoms with E-state index in [1.54, 1.807) is 13.0 Å². The molecule has 104 valence electrons. The molecule has 1 amide bonds. The van der Waals surface area contributed by atoms with Gasteiger partial charge >= 0.3 is 5.97 Å². The van der Waals surface area contributed by atoms with Crippen LogP contribution < -0.4 is 11.1 Å². The third kappa shape index (κ3) is 3.10. The molecule has 0 radical (unpaired) electrons. The standard InChI is InChI=1S/C14H15N3O3/c1-2-20-14(19)12(15)13(18)17-10-7-9-5-3-4-6-11(9)16-8-10/h3-8,12H,2,15H2,1H3,(H,17,18). The third-order valence-corrected chi connectivity index (χ3v) is 2.68. The van der Waals surface area contributed by atoms with Gasteiger partial charge in [-0.3, -0.25) is 9.78 Å². The molecule has 6 heteroatoms. The van der Waals surface area contributed by atoms with Crippen LogP contribution in [0, 0.1) is 0 Å². The van der Waals surface area contributed by atoms with E-state index >= 15 is 0 Å². The van der Waals surface area contributed by atoms with Crippen LogP contribution in [0.25, 0.3) is 10.9 Å². The quantitative estimate of drug-likeness (QED) is 0.641. The van der Waals surface area contributed by atoms with Crippen LogP contribution in [0.15, 0.2) is 36.5 Å². The zero-order chi connectivity index (χ0) is 14.5. The van der Waals surface area contributed by atoms with E-state index in [2.05, 4.69) is 10.3 Å². The molecular formula is C14H15N3O3. The normalized spacial score (nSPS) is 11.9. The maximum absolute atomic E-state index is 11.8. The number of ether oxygens (including phenoxy) is 1. The lowest BCUT2D eigenvalue weighted by atomic mass is 10.2. The maximum atomic E-state index is 11.8. The monoisotopic (exact) mass is 273 g/mol. The summed E-state index contributed by atoms with van der Waals surface area (Å²) in [4.78, 5) is 27.4. The molecule has 2 aromatic rings. The third-order valence-electron chi connectivity index (χ3n) is 2.68. The van der Waals surface area contributed by atoms with Gasteiger partial charge in [0, 0.05) is 5.39 Å². The fraction of sp³-hybridized carbons (Fsp3) is 0.214. The number of fused-ring (bicyclic) bond motifs is 1. The first kappa shape index (κ1) is 14.0. The van der Waals surface area contributed by atoms with Crippen LogP contribution in [-0.4, -0.2) is 29.5 Å². The Kier molecular flexibility index (Phi) is 4.27. The fourth-order valence-corrected chi connectivity index (χ4v) is 1.70. The van der Waals surface area contributed by atoms with Crippen molar-refractivity contribution in [2.45, 2.75) is 13.0 Å². The summed E-state index contributed by atoms with van der Waals surface area (Å²) in [6.45, 7) is 1.83. The molecule has 2 rings (SSSR count). The van der Waals surface area contributed by atoms with Crippen LogP contribution in [0.4, 0.5) is 5.69 Å². The minimum atomic E-state index is -1.35. The molecule has 0 saturated heterocycles. The summed E-state index contributed by atoms with van der Waals surface area (Å²) in [6, 6.07) is 7.91. The second-order valence-corrected chi connectivity index (χ2v) is 4.14. The number of pyridine rings is 1. The molecule has 1 unspecified atom stereocenters. The number of aromatic nitrogens is 1. The van der Waals surface area contributed by atoms with Crippen LogP contribution in [0.2, 0.25) is 0 Å². The molecule has 1 aromatic carbocycles. The fourth-order valence-electron chi connectivity index (χ4n) is 1.70. The average Bonchev–Trinajstić information content (AvgIpc) is 2.46. The van der Waals surface area contributed by atoms with Crippen LogP contribution in [0.1, 0.15) is 6.92 Å². The lowest BCUT2D eigenvalue weighted by molar-refractivity contribution is -0.146. The predicted octanol–water partition coefficient (Wildman–Crippen LogP) is 1.06. The Morgan fingerprint density at radius 3 is 2.90 bits per heavy atom. The van der Waals surface area contributed by atoms with Gasteiger partial charge < -0.3 is 15.8 Å². The summed E-state index contributed by atoms with van der Waals surface area (Å²) in [6.07, 6.45) is 1.51. The number of nitrogens with zero attached hydrogens (tertiary/aromatic N) is 1. The molecule has 1 heterocycles. The SMILES string of the molecule is CCOC(=O)C(N)C(=O)Nc1cnc2ccccc2c1. The number of nitrogens with two attached hydrogens (primary N) is 1. The van der Waals surface area contributed by atoms with E-state index < -0.39 is 17.9 Å². The highest BCUT2D eigenvalue weighted by atomic mass is 16.5. The number of anilines is 1. The molecule has 0 fully saturated rings. The maximum Gasteiger partial charge on any atom is 0.332 e. The molecule has 1 aromatic heterocycles. The van der Waals surface area contributed by atoms with Crippen LogP contribution in [-0.2, 0) is 14.3 Å². The van der Waals surface area contributed by atoms with Gasteiger partial charge in [-0.15, -0.1) is 0 Å². The Morgan fingerprint density at radius 1 is 1.40 bits per heavy atom. The smallest absolute Gasteiger partial charge is 0.332 e. The Morgan fingerprint density at radius 2 is 2.15 bits per heavy atom. The highest BCUT2D eigenvalue weighted by Crippen LogP contribution is 2.16. The molecule has 0 saturated carbocycles. The number of rotatable bonds is 4. The Labute approximate surface area is 115 Å². The van der Waals surface area contributed by atoms with Crippen LogP contribution >= 0.6 is 0 Å². The van der Waals surface area contributed by atoms with Crippen molar-refractivity contribution in [1.29, 1.82) is 0 Å². The van der Waals surface area contributed by atoms with E-state index in [9.17, 15) is 9.59 Å². The summed E-state index contributed by atoms with van der Waals surface area (Å²) in [5, 5.41) is 3.43. The Bertz CT molecular complexity index is 642. The number of para-hydroxylation sites is 1. The Balaban J connectivity index is 2.11. The molecule has 6 nitrogen and oxygen atoms in total. The average molecular weight is 273 g/mol. The van der Waals surface area contributed by atoms with E-state index in [1.165, 1.54) is 6.20 Å². The number of carbonyl (C=O) groups is 2. The number of benzene rings is 1. The van der Waals surface area contributed by atoms with Gasteiger partial charge in [-0.2, -0.15) is 0 Å². The first-order valence-electron chi connectivity index (χ1n) is 6.19. The van der Waals surface area contributed by atoms with Crippen molar-refractivity contribution in [2.24, 2.45) is 5.73 Å². The van der Waals surface area contributed by atoms with Crippen molar-refractivity contribution in [3.05, 3.63) is 36.5 Å². The van der Waals surface area contributed by atoms with Gasteiger partial charge in [0.2, 0.25) is 0 Å². The molecule has 0 spiro atoms. The number of amides is 1. The minimum Gasteiger partial charge on any atom is -0.464 e. The number of nitrogens with one attached hydrogen (secondary N) is 1. The highest BCUT2D eigenvalue weighted by Gasteiger charge is 2.23. The zero-order valence-electron chi connectivity index (χ0n) is 11.0. The van der Waals surface area contributed by atoms with Gasteiger partial charge in [-0.1, -0.05) is 18.2 Å². The van der Waals surface area contributed by atoms with Crippen molar-refractivity contribution in [1.82, 2.24) is 4.98 Å². The van der Waals surface area contributed by atoms with Gasteiger partial charge in [0.25, 0.3) is 5.91 Å². The number of esters is 1. The molecule has 20 heavy (non-hydrogen) atoms. The van der Waals surface area contributed by atoms with Crippen molar-refractivity contribution in [3.8, 4) is 0 Å². The molecule has 0 bridgehead atoms. The van der Waals surface area contributed by atoms with Gasteiger partial charge in [0.15, 0.2) is 6.04 Å². The van der Waals surface area contributed by atoms with E-state index in [4.69, 9.17) is 10.5 Å². The summed E-state index contributed by atoms with van der Waals surface area (Å²) in [5.41, 5.74) is 6.80. The van der Waals surface area contributed by atoms with Gasteiger partial charge in [0.05, 0.1) is 24.0 Å². The van der Waals surface area contributed by atoms with E-state index in [0.717, 1.165) is 10.9 Å². The van der Waals surface area contributed by atoms with Crippen molar-refractivity contribution in [3.63, 3.8) is 0 Å². The molecule has 0 aliphatic heterocycles. The number of carbonyl (C=O) groups excluding carboxylic acids is 2. The molecule has 0 aliphatic carbocycles. The van der Waals surface area contributed by atoms with E-state index in [0.29, 0.717) is 5.69 Å². The number of hydrogen-bond acceptors (Lipinski definition) is 5. The summed E-state index contributed by atoms with van der Waals surface area (Å²) in [5.74, 6) is -1.38. The van der Waals surface area contributed by atoms with Crippen LogP contribution in [0.5, 0.6) is 0 Å². The summed E-state index contributed by atoms with van der Waals surface area (Å²) < 4.78 is 4.69. The summed E-state index contributed by atoms with van der Waals surface area (Å²) in [7, 11) is 0. The van der Waals surface area contributed by atoms with E-state index in [-0.39, 0.29) is 6.61 Å². The van der Waals surface area contributed by atoms with Crippen molar-refractivity contribution in [2.75, 3.05) is 11.9 Å². The molecular weight excluding hydrogens is 258 g/mol. The molecule has 0 aliphatic rings. The second kappa shape index (κ2) is 6.12. The molecule has 3 N–H and O–H groups in total. The lowest BCUT2D eigenvalue weighted by Crippen LogP contribution is -2.43. The largest absolute Gasteiger partial charge is 0.464 e. The van der Waals surface area contributed by atoms with Crippen molar-refractivity contribution < 1.29 is 14.3 Å². The highest BCUT2D eigenvalue weighted by molar-refractivity contribution is 6.08. The Hall–Kier alpha value is -2.47. The summed E-state index contributed by atoms with van der Waals surface area (Å²) >= 11 is 0. The second-order valence-electron chi connectivity index (χ2n) is 4.14. The minimum absolute atomic E-state index is 0.178. The first-order chi connectivity index (χ1) is 9.61. The van der Waals surface area contributed by atoms with E-state index in [1.807, 2.05) is 24.3 Å². The van der Waals surface area contributed by atoms with Gasteiger partial charge in [-0.25, -0.2) is 4.79 Å². The van der Waals surface area contributed by atoms with Crippen LogP contribution in [0.3, 0.4) is 0 Å². The topological polar surface area (TPSA) is 94.3 Å². The van der Waals surface area contributed by atoms with Crippen molar-refractivity contribution >= 4 is 28.5 Å². The molecule has 1 atom stereocenters.